The lowest BCUT2D eigenvalue weighted by molar-refractivity contribution is -0.137. The molecule has 0 saturated carbocycles. The second kappa shape index (κ2) is 4.38. The number of aliphatic carboxylic acids is 1. The summed E-state index contributed by atoms with van der Waals surface area (Å²) in [5.74, 6) is -0.769. The summed E-state index contributed by atoms with van der Waals surface area (Å²) in [6.07, 6.45) is 11.4. The molecule has 0 radical (unpaired) electrons. The van der Waals surface area contributed by atoms with Gasteiger partial charge in [0.15, 0.2) is 0 Å². The minimum absolute atomic E-state index is 0.161. The minimum Gasteiger partial charge on any atom is -0.481 e. The molecule has 1 aliphatic heterocycles. The van der Waals surface area contributed by atoms with Crippen molar-refractivity contribution in [2.45, 2.75) is 6.42 Å². The molecule has 1 rings (SSSR count). The fourth-order valence-electron chi connectivity index (χ4n) is 0.872. The molecule has 1 N–H and O–H groups in total. The molecule has 0 bridgehead atoms. The van der Waals surface area contributed by atoms with E-state index in [1.54, 1.807) is 0 Å². The fourth-order valence-corrected chi connectivity index (χ4v) is 0.872. The van der Waals surface area contributed by atoms with Crippen molar-refractivity contribution in [3.63, 3.8) is 0 Å². The summed E-state index contributed by atoms with van der Waals surface area (Å²) in [6, 6.07) is 0. The largest absolute Gasteiger partial charge is 0.481 e. The van der Waals surface area contributed by atoms with Crippen molar-refractivity contribution in [2.75, 3.05) is 6.54 Å². The lowest BCUT2D eigenvalue weighted by Crippen LogP contribution is -2.14. The molecule has 0 unspecified atom stereocenters. The van der Waals surface area contributed by atoms with E-state index in [4.69, 9.17) is 5.11 Å². The van der Waals surface area contributed by atoms with Crippen LogP contribution in [0.25, 0.3) is 0 Å². The lowest BCUT2D eigenvalue weighted by Gasteiger charge is -2.12. The van der Waals surface area contributed by atoms with Gasteiger partial charge in [0, 0.05) is 18.9 Å². The SMILES string of the molecule is O=C(O)CCN1C=CC=CC=C1. The van der Waals surface area contributed by atoms with Crippen LogP contribution in [0.3, 0.4) is 0 Å². The van der Waals surface area contributed by atoms with E-state index in [1.807, 2.05) is 41.6 Å². The third kappa shape index (κ3) is 3.05. The van der Waals surface area contributed by atoms with Crippen LogP contribution in [0.2, 0.25) is 0 Å². The molecule has 0 fully saturated rings. The Morgan fingerprint density at radius 1 is 1.17 bits per heavy atom. The van der Waals surface area contributed by atoms with Gasteiger partial charge in [-0.3, -0.25) is 4.79 Å². The summed E-state index contributed by atoms with van der Waals surface area (Å²) < 4.78 is 0. The zero-order chi connectivity index (χ0) is 8.81. The van der Waals surface area contributed by atoms with Crippen LogP contribution in [0.5, 0.6) is 0 Å². The van der Waals surface area contributed by atoms with E-state index in [-0.39, 0.29) is 6.42 Å². The van der Waals surface area contributed by atoms with E-state index in [0.717, 1.165) is 0 Å². The molecule has 0 aliphatic carbocycles. The third-order valence-electron chi connectivity index (χ3n) is 1.47. The fraction of sp³-hybridized carbons (Fsp3) is 0.222. The highest BCUT2D eigenvalue weighted by Crippen LogP contribution is 1.99. The van der Waals surface area contributed by atoms with Gasteiger partial charge in [-0.2, -0.15) is 0 Å². The van der Waals surface area contributed by atoms with Gasteiger partial charge in [0.05, 0.1) is 6.42 Å². The maximum atomic E-state index is 10.2. The highest BCUT2D eigenvalue weighted by Gasteiger charge is 1.99. The van der Waals surface area contributed by atoms with Crippen molar-refractivity contribution in [1.29, 1.82) is 0 Å². The van der Waals surface area contributed by atoms with Crippen molar-refractivity contribution in [3.05, 3.63) is 36.7 Å². The van der Waals surface area contributed by atoms with Gasteiger partial charge in [-0.25, -0.2) is 0 Å². The Labute approximate surface area is 71.3 Å². The molecule has 0 saturated heterocycles. The first-order chi connectivity index (χ1) is 5.79. The number of nitrogens with zero attached hydrogens (tertiary/aromatic N) is 1. The molecule has 64 valence electrons. The van der Waals surface area contributed by atoms with Gasteiger partial charge in [0.25, 0.3) is 0 Å². The number of carboxylic acid groups (broad SMARTS) is 1. The van der Waals surface area contributed by atoms with Crippen molar-refractivity contribution < 1.29 is 9.90 Å². The number of carboxylic acids is 1. The van der Waals surface area contributed by atoms with Gasteiger partial charge in [-0.1, -0.05) is 12.2 Å². The zero-order valence-electron chi connectivity index (χ0n) is 6.68. The van der Waals surface area contributed by atoms with Crippen LogP contribution in [-0.2, 0) is 4.79 Å². The topological polar surface area (TPSA) is 40.5 Å². The van der Waals surface area contributed by atoms with E-state index in [2.05, 4.69) is 0 Å². The van der Waals surface area contributed by atoms with Crippen LogP contribution < -0.4 is 0 Å². The van der Waals surface area contributed by atoms with Gasteiger partial charge in [-0.05, 0) is 12.2 Å². The van der Waals surface area contributed by atoms with Crippen LogP contribution in [0, 0.1) is 0 Å². The van der Waals surface area contributed by atoms with E-state index < -0.39 is 5.97 Å². The van der Waals surface area contributed by atoms with Gasteiger partial charge in [0.2, 0.25) is 0 Å². The average Bonchev–Trinajstić information content (AvgIpc) is 2.28. The summed E-state index contributed by atoms with van der Waals surface area (Å²) in [6.45, 7) is 0.518. The summed E-state index contributed by atoms with van der Waals surface area (Å²) in [5, 5.41) is 8.42. The van der Waals surface area contributed by atoms with Crippen LogP contribution in [-0.4, -0.2) is 22.5 Å². The molecule has 1 heterocycles. The highest BCUT2D eigenvalue weighted by molar-refractivity contribution is 5.66. The van der Waals surface area contributed by atoms with Crippen molar-refractivity contribution in [3.8, 4) is 0 Å². The first-order valence-electron chi connectivity index (χ1n) is 3.78. The molecule has 0 aromatic rings. The van der Waals surface area contributed by atoms with E-state index in [0.29, 0.717) is 6.54 Å². The first kappa shape index (κ1) is 8.59. The molecule has 0 aromatic heterocycles. The van der Waals surface area contributed by atoms with Crippen molar-refractivity contribution in [2.24, 2.45) is 0 Å². The molecular formula is C9H11NO2. The molecule has 0 amide bonds. The molecule has 0 aromatic carbocycles. The smallest absolute Gasteiger partial charge is 0.305 e. The number of hydrogen-bond donors (Lipinski definition) is 1. The second-order valence-corrected chi connectivity index (χ2v) is 2.45. The van der Waals surface area contributed by atoms with Crippen LogP contribution in [0.15, 0.2) is 36.7 Å². The molecule has 0 spiro atoms. The summed E-state index contributed by atoms with van der Waals surface area (Å²) >= 11 is 0. The molecule has 12 heavy (non-hydrogen) atoms. The average molecular weight is 165 g/mol. The Morgan fingerprint density at radius 3 is 2.25 bits per heavy atom. The van der Waals surface area contributed by atoms with Gasteiger partial charge in [-0.15, -0.1) is 0 Å². The Kier molecular flexibility index (Phi) is 3.14. The van der Waals surface area contributed by atoms with Gasteiger partial charge >= 0.3 is 5.97 Å². The van der Waals surface area contributed by atoms with E-state index >= 15 is 0 Å². The predicted molar refractivity (Wildman–Crippen MR) is 46.4 cm³/mol. The normalized spacial score (nSPS) is 14.8. The van der Waals surface area contributed by atoms with Crippen LogP contribution in [0.1, 0.15) is 6.42 Å². The van der Waals surface area contributed by atoms with E-state index in [9.17, 15) is 4.79 Å². The maximum absolute atomic E-state index is 10.2. The van der Waals surface area contributed by atoms with Gasteiger partial charge in [0.1, 0.15) is 0 Å². The molecule has 1 aliphatic rings. The third-order valence-corrected chi connectivity index (χ3v) is 1.47. The Hall–Kier alpha value is -1.51. The van der Waals surface area contributed by atoms with E-state index in [1.165, 1.54) is 0 Å². The molecule has 0 atom stereocenters. The summed E-state index contributed by atoms with van der Waals surface area (Å²) in [5.41, 5.74) is 0. The zero-order valence-corrected chi connectivity index (χ0v) is 6.68. The van der Waals surface area contributed by atoms with Crippen molar-refractivity contribution in [1.82, 2.24) is 4.90 Å². The lowest BCUT2D eigenvalue weighted by atomic mass is 10.4. The minimum atomic E-state index is -0.769. The Morgan fingerprint density at radius 2 is 1.75 bits per heavy atom. The predicted octanol–water partition coefficient (Wildman–Crippen LogP) is 1.36. The van der Waals surface area contributed by atoms with Gasteiger partial charge < -0.3 is 10.0 Å². The van der Waals surface area contributed by atoms with Crippen molar-refractivity contribution >= 4 is 5.97 Å². The summed E-state index contributed by atoms with van der Waals surface area (Å²) in [7, 11) is 0. The maximum Gasteiger partial charge on any atom is 0.305 e. The quantitative estimate of drug-likeness (QED) is 0.686. The standard InChI is InChI=1S/C9H11NO2/c11-9(12)5-8-10-6-3-1-2-4-7-10/h1-4,6-7H,5,8H2,(H,11,12). The molecular weight excluding hydrogens is 154 g/mol. The second-order valence-electron chi connectivity index (χ2n) is 2.45. The van der Waals surface area contributed by atoms with Crippen LogP contribution >= 0.6 is 0 Å². The first-order valence-corrected chi connectivity index (χ1v) is 3.78. The Balaban J connectivity index is 2.37. The highest BCUT2D eigenvalue weighted by atomic mass is 16.4. The number of hydrogen-bond acceptors (Lipinski definition) is 2. The monoisotopic (exact) mass is 165 g/mol. The Bertz CT molecular complexity index is 225. The molecule has 3 nitrogen and oxygen atoms in total. The number of allylic oxidation sites excluding steroid dienone is 4. The van der Waals surface area contributed by atoms with Crippen LogP contribution in [0.4, 0.5) is 0 Å². The number of rotatable bonds is 3. The number of carbonyl (C=O) groups is 1. The molecule has 3 heteroatoms. The summed E-state index contributed by atoms with van der Waals surface area (Å²) in [4.78, 5) is 12.1.